The molecule has 1 atom stereocenters. The number of likely N-dealkylation sites (tertiary alicyclic amines) is 1. The van der Waals surface area contributed by atoms with Crippen LogP contribution in [0.1, 0.15) is 58.3 Å². The Morgan fingerprint density at radius 2 is 1.89 bits per heavy atom. The average Bonchev–Trinajstić information content (AvgIpc) is 2.66. The molecule has 0 radical (unpaired) electrons. The molecule has 8 heteroatoms. The molecule has 1 heterocycles. The van der Waals surface area contributed by atoms with E-state index in [4.69, 9.17) is 4.74 Å². The summed E-state index contributed by atoms with van der Waals surface area (Å²) < 4.78 is 5.15. The summed E-state index contributed by atoms with van der Waals surface area (Å²) in [6.07, 6.45) is 8.15. The van der Waals surface area contributed by atoms with Gasteiger partial charge in [-0.2, -0.15) is 0 Å². The molecule has 2 aliphatic rings. The molecule has 1 amide bonds. The maximum atomic E-state index is 12.1. The van der Waals surface area contributed by atoms with Gasteiger partial charge in [0, 0.05) is 39.1 Å². The molecule has 1 aliphatic heterocycles. The summed E-state index contributed by atoms with van der Waals surface area (Å²) in [4.78, 5) is 30.5. The van der Waals surface area contributed by atoms with E-state index in [1.54, 1.807) is 7.05 Å². The highest BCUT2D eigenvalue weighted by molar-refractivity contribution is 14.0. The summed E-state index contributed by atoms with van der Waals surface area (Å²) in [6, 6.07) is 0.350. The van der Waals surface area contributed by atoms with Crippen molar-refractivity contribution in [2.75, 3.05) is 33.3 Å². The second-order valence-electron chi connectivity index (χ2n) is 7.16. The van der Waals surface area contributed by atoms with Crippen molar-refractivity contribution in [1.29, 1.82) is 0 Å². The average molecular weight is 494 g/mol. The molecule has 0 aromatic heterocycles. The van der Waals surface area contributed by atoms with Crippen LogP contribution in [0.5, 0.6) is 0 Å². The number of carbonyl (C=O) groups excluding carboxylic acids is 2. The molecule has 7 nitrogen and oxygen atoms in total. The maximum Gasteiger partial charge on any atom is 0.310 e. The number of halogens is 1. The third-order valence-electron chi connectivity index (χ3n) is 5.16. The van der Waals surface area contributed by atoms with Crippen LogP contribution in [0.3, 0.4) is 0 Å². The Morgan fingerprint density at radius 1 is 1.15 bits per heavy atom. The molecule has 0 aromatic carbocycles. The van der Waals surface area contributed by atoms with E-state index in [2.05, 4.69) is 20.5 Å². The van der Waals surface area contributed by atoms with E-state index in [1.807, 2.05) is 6.92 Å². The summed E-state index contributed by atoms with van der Waals surface area (Å²) in [7, 11) is 1.73. The molecular formula is C19H35IN4O3. The zero-order chi connectivity index (χ0) is 18.8. The van der Waals surface area contributed by atoms with Crippen LogP contribution in [0.25, 0.3) is 0 Å². The van der Waals surface area contributed by atoms with Gasteiger partial charge < -0.3 is 20.3 Å². The van der Waals surface area contributed by atoms with Crippen LogP contribution < -0.4 is 10.6 Å². The minimum atomic E-state index is -0.125. The number of rotatable bonds is 6. The van der Waals surface area contributed by atoms with Gasteiger partial charge in [0.15, 0.2) is 5.96 Å². The monoisotopic (exact) mass is 494 g/mol. The normalized spacial score (nSPS) is 21.2. The van der Waals surface area contributed by atoms with Crippen LogP contribution in [-0.4, -0.2) is 62.1 Å². The van der Waals surface area contributed by atoms with Gasteiger partial charge in [-0.3, -0.25) is 14.6 Å². The first kappa shape index (κ1) is 24.0. The van der Waals surface area contributed by atoms with Crippen LogP contribution in [0.2, 0.25) is 0 Å². The summed E-state index contributed by atoms with van der Waals surface area (Å²) in [5.41, 5.74) is 0. The van der Waals surface area contributed by atoms with E-state index in [0.717, 1.165) is 38.2 Å². The molecule has 2 rings (SSSR count). The Balaban J connectivity index is 0.00000364. The van der Waals surface area contributed by atoms with Gasteiger partial charge in [-0.05, 0) is 32.6 Å². The fraction of sp³-hybridized carbons (Fsp3) is 0.842. The molecule has 1 unspecified atom stereocenters. The van der Waals surface area contributed by atoms with Gasteiger partial charge in [0.2, 0.25) is 5.91 Å². The topological polar surface area (TPSA) is 83.0 Å². The first-order valence-electron chi connectivity index (χ1n) is 10.1. The van der Waals surface area contributed by atoms with Crippen LogP contribution in [0.4, 0.5) is 0 Å². The SMILES string of the molecule is CCOC(=O)C1CCCN(C(=NC)NCCC(=O)NC2CCCCC2)C1.I. The number of carbonyl (C=O) groups is 2. The Labute approximate surface area is 180 Å². The number of nitrogens with one attached hydrogen (secondary N) is 2. The number of piperidine rings is 1. The number of aliphatic imine (C=N–C) groups is 1. The van der Waals surface area contributed by atoms with Gasteiger partial charge in [-0.1, -0.05) is 19.3 Å². The zero-order valence-electron chi connectivity index (χ0n) is 16.7. The van der Waals surface area contributed by atoms with Crippen LogP contribution in [0, 0.1) is 5.92 Å². The van der Waals surface area contributed by atoms with Crippen molar-refractivity contribution < 1.29 is 14.3 Å². The number of ether oxygens (including phenoxy) is 1. The van der Waals surface area contributed by atoms with Crippen molar-refractivity contribution in [2.45, 2.75) is 64.3 Å². The van der Waals surface area contributed by atoms with Gasteiger partial charge in [0.1, 0.15) is 0 Å². The van der Waals surface area contributed by atoms with Crippen molar-refractivity contribution in [2.24, 2.45) is 10.9 Å². The van der Waals surface area contributed by atoms with Crippen LogP contribution >= 0.6 is 24.0 Å². The first-order chi connectivity index (χ1) is 12.6. The lowest BCUT2D eigenvalue weighted by Gasteiger charge is -2.34. The van der Waals surface area contributed by atoms with Gasteiger partial charge in [-0.15, -0.1) is 24.0 Å². The quantitative estimate of drug-likeness (QED) is 0.256. The van der Waals surface area contributed by atoms with Gasteiger partial charge in [0.05, 0.1) is 12.5 Å². The molecule has 1 aliphatic carbocycles. The summed E-state index contributed by atoms with van der Waals surface area (Å²) in [5.74, 6) is 0.628. The molecular weight excluding hydrogens is 459 g/mol. The highest BCUT2D eigenvalue weighted by Crippen LogP contribution is 2.18. The predicted molar refractivity (Wildman–Crippen MR) is 117 cm³/mol. The minimum absolute atomic E-state index is 0. The fourth-order valence-corrected chi connectivity index (χ4v) is 3.79. The number of amides is 1. The smallest absolute Gasteiger partial charge is 0.310 e. The van der Waals surface area contributed by atoms with Crippen molar-refractivity contribution >= 4 is 41.8 Å². The van der Waals surface area contributed by atoms with Crippen molar-refractivity contribution in [3.8, 4) is 0 Å². The zero-order valence-corrected chi connectivity index (χ0v) is 19.0. The van der Waals surface area contributed by atoms with Gasteiger partial charge >= 0.3 is 5.97 Å². The van der Waals surface area contributed by atoms with E-state index in [9.17, 15) is 9.59 Å². The van der Waals surface area contributed by atoms with Crippen molar-refractivity contribution in [3.63, 3.8) is 0 Å². The summed E-state index contributed by atoms with van der Waals surface area (Å²) in [6.45, 7) is 4.28. The summed E-state index contributed by atoms with van der Waals surface area (Å²) in [5, 5.41) is 6.39. The third-order valence-corrected chi connectivity index (χ3v) is 5.16. The van der Waals surface area contributed by atoms with Gasteiger partial charge in [-0.25, -0.2) is 0 Å². The van der Waals surface area contributed by atoms with Crippen LogP contribution in [0.15, 0.2) is 4.99 Å². The molecule has 2 N–H and O–H groups in total. The van der Waals surface area contributed by atoms with Crippen molar-refractivity contribution in [3.05, 3.63) is 0 Å². The lowest BCUT2D eigenvalue weighted by Crippen LogP contribution is -2.49. The second-order valence-corrected chi connectivity index (χ2v) is 7.16. The van der Waals surface area contributed by atoms with E-state index >= 15 is 0 Å². The molecule has 1 saturated heterocycles. The summed E-state index contributed by atoms with van der Waals surface area (Å²) >= 11 is 0. The van der Waals surface area contributed by atoms with Crippen molar-refractivity contribution in [1.82, 2.24) is 15.5 Å². The largest absolute Gasteiger partial charge is 0.466 e. The lowest BCUT2D eigenvalue weighted by molar-refractivity contribution is -0.149. The highest BCUT2D eigenvalue weighted by Gasteiger charge is 2.28. The Bertz CT molecular complexity index is 495. The number of hydrogen-bond acceptors (Lipinski definition) is 4. The molecule has 156 valence electrons. The van der Waals surface area contributed by atoms with E-state index in [0.29, 0.717) is 32.2 Å². The fourth-order valence-electron chi connectivity index (χ4n) is 3.79. The van der Waals surface area contributed by atoms with E-state index < -0.39 is 0 Å². The third kappa shape index (κ3) is 8.23. The maximum absolute atomic E-state index is 12.1. The lowest BCUT2D eigenvalue weighted by atomic mass is 9.95. The number of hydrogen-bond donors (Lipinski definition) is 2. The first-order valence-corrected chi connectivity index (χ1v) is 10.1. The predicted octanol–water partition coefficient (Wildman–Crippen LogP) is 2.29. The molecule has 0 spiro atoms. The van der Waals surface area contributed by atoms with E-state index in [1.165, 1.54) is 19.3 Å². The number of nitrogens with zero attached hydrogens (tertiary/aromatic N) is 2. The number of esters is 1. The van der Waals surface area contributed by atoms with E-state index in [-0.39, 0.29) is 41.8 Å². The van der Waals surface area contributed by atoms with Crippen LogP contribution in [-0.2, 0) is 14.3 Å². The minimum Gasteiger partial charge on any atom is -0.466 e. The standard InChI is InChI=1S/C19H34N4O3.HI/c1-3-26-18(25)15-8-7-13-23(14-15)19(20-2)21-12-11-17(24)22-16-9-5-4-6-10-16;/h15-16H,3-14H2,1-2H3,(H,20,21)(H,22,24);1H. The second kappa shape index (κ2) is 13.2. The molecule has 2 fully saturated rings. The Morgan fingerprint density at radius 3 is 2.56 bits per heavy atom. The molecule has 0 bridgehead atoms. The Kier molecular flexibility index (Phi) is 11.7. The number of guanidine groups is 1. The molecule has 0 aromatic rings. The molecule has 1 saturated carbocycles. The molecule has 27 heavy (non-hydrogen) atoms. The highest BCUT2D eigenvalue weighted by atomic mass is 127. The Hall–Kier alpha value is -1.06. The van der Waals surface area contributed by atoms with Gasteiger partial charge in [0.25, 0.3) is 0 Å².